The number of carbonyl (C=O) groups excluding carboxylic acids is 2. The quantitative estimate of drug-likeness (QED) is 0.933. The highest BCUT2D eigenvalue weighted by Gasteiger charge is 2.29. The number of hydrogen-bond acceptors (Lipinski definition) is 2. The minimum absolute atomic E-state index is 0.0685. The molecule has 0 saturated carbocycles. The maximum absolute atomic E-state index is 13.5. The number of nitrogens with zero attached hydrogens (tertiary/aromatic N) is 1. The predicted octanol–water partition coefficient (Wildman–Crippen LogP) is 2.80. The molecule has 4 nitrogen and oxygen atoms in total. The Hall–Kier alpha value is -1.98. The van der Waals surface area contributed by atoms with Crippen molar-refractivity contribution in [1.29, 1.82) is 0 Å². The number of benzene rings is 1. The van der Waals surface area contributed by atoms with Crippen LogP contribution in [0.15, 0.2) is 18.2 Å². The van der Waals surface area contributed by atoms with Gasteiger partial charge in [-0.15, -0.1) is 0 Å². The minimum atomic E-state index is -0.791. The fraction of sp³-hybridized carbons (Fsp3) is 0.500. The first kappa shape index (κ1) is 16.4. The van der Waals surface area contributed by atoms with Crippen LogP contribution in [0, 0.1) is 23.5 Å². The van der Waals surface area contributed by atoms with Gasteiger partial charge in [-0.05, 0) is 25.0 Å². The highest BCUT2D eigenvalue weighted by molar-refractivity contribution is 5.93. The third-order valence-electron chi connectivity index (χ3n) is 3.88. The number of anilines is 1. The van der Waals surface area contributed by atoms with Crippen molar-refractivity contribution in [2.75, 3.05) is 18.4 Å². The van der Waals surface area contributed by atoms with Crippen LogP contribution in [0.25, 0.3) is 0 Å². The summed E-state index contributed by atoms with van der Waals surface area (Å²) in [4.78, 5) is 25.7. The van der Waals surface area contributed by atoms with Crippen LogP contribution in [0.3, 0.4) is 0 Å². The maximum Gasteiger partial charge on any atom is 0.227 e. The summed E-state index contributed by atoms with van der Waals surface area (Å²) >= 11 is 0. The number of piperidine rings is 1. The second kappa shape index (κ2) is 6.85. The molecule has 1 aromatic carbocycles. The molecule has 0 bridgehead atoms. The van der Waals surface area contributed by atoms with Crippen molar-refractivity contribution < 1.29 is 18.4 Å². The average molecular weight is 310 g/mol. The van der Waals surface area contributed by atoms with Crippen LogP contribution in [-0.4, -0.2) is 29.8 Å². The monoisotopic (exact) mass is 310 g/mol. The highest BCUT2D eigenvalue weighted by atomic mass is 19.1. The van der Waals surface area contributed by atoms with Gasteiger partial charge in [0.2, 0.25) is 11.8 Å². The summed E-state index contributed by atoms with van der Waals surface area (Å²) < 4.78 is 27.1. The van der Waals surface area contributed by atoms with Crippen LogP contribution in [0.5, 0.6) is 0 Å². The number of rotatable bonds is 3. The summed E-state index contributed by atoms with van der Waals surface area (Å²) in [5, 5.41) is 2.32. The number of carbonyl (C=O) groups is 2. The smallest absolute Gasteiger partial charge is 0.227 e. The molecule has 1 heterocycles. The normalized spacial score (nSPS) is 16.0. The Morgan fingerprint density at radius 1 is 1.18 bits per heavy atom. The number of nitrogens with one attached hydrogen (secondary N) is 1. The summed E-state index contributed by atoms with van der Waals surface area (Å²) in [6, 6.07) is 3.45. The van der Waals surface area contributed by atoms with Gasteiger partial charge in [0.15, 0.2) is 0 Å². The largest absolute Gasteiger partial charge is 0.342 e. The lowest BCUT2D eigenvalue weighted by Crippen LogP contribution is -2.43. The summed E-state index contributed by atoms with van der Waals surface area (Å²) in [7, 11) is 0. The molecule has 22 heavy (non-hydrogen) atoms. The van der Waals surface area contributed by atoms with Crippen molar-refractivity contribution in [2.24, 2.45) is 11.8 Å². The van der Waals surface area contributed by atoms with Gasteiger partial charge in [-0.25, -0.2) is 8.78 Å². The lowest BCUT2D eigenvalue weighted by molar-refractivity contribution is -0.137. The number of hydrogen-bond donors (Lipinski definition) is 1. The van der Waals surface area contributed by atoms with E-state index in [1.165, 1.54) is 6.07 Å². The van der Waals surface area contributed by atoms with E-state index in [4.69, 9.17) is 0 Å². The molecule has 0 spiro atoms. The molecule has 1 aliphatic heterocycles. The Bertz CT molecular complexity index is 547. The fourth-order valence-corrected chi connectivity index (χ4v) is 2.57. The van der Waals surface area contributed by atoms with Crippen molar-refractivity contribution in [3.05, 3.63) is 29.8 Å². The molecule has 120 valence electrons. The molecule has 1 fully saturated rings. The molecular formula is C16H20F2N2O2. The van der Waals surface area contributed by atoms with E-state index in [1.54, 1.807) is 4.90 Å². The van der Waals surface area contributed by atoms with E-state index in [-0.39, 0.29) is 17.7 Å². The first-order valence-corrected chi connectivity index (χ1v) is 7.43. The molecule has 1 saturated heterocycles. The van der Waals surface area contributed by atoms with E-state index in [0.717, 1.165) is 12.1 Å². The molecular weight excluding hydrogens is 290 g/mol. The van der Waals surface area contributed by atoms with Gasteiger partial charge in [-0.1, -0.05) is 19.9 Å². The summed E-state index contributed by atoms with van der Waals surface area (Å²) in [6.07, 6.45) is 1.00. The minimum Gasteiger partial charge on any atom is -0.342 e. The molecule has 0 atom stereocenters. The van der Waals surface area contributed by atoms with Crippen LogP contribution >= 0.6 is 0 Å². The lowest BCUT2D eigenvalue weighted by Gasteiger charge is -2.32. The zero-order valence-corrected chi connectivity index (χ0v) is 12.7. The Balaban J connectivity index is 1.94. The van der Waals surface area contributed by atoms with Crippen molar-refractivity contribution in [1.82, 2.24) is 4.90 Å². The Morgan fingerprint density at radius 3 is 2.23 bits per heavy atom. The van der Waals surface area contributed by atoms with E-state index >= 15 is 0 Å². The van der Waals surface area contributed by atoms with Crippen LogP contribution in [-0.2, 0) is 9.59 Å². The SMILES string of the molecule is CC(C)C(=O)N1CCC(C(=O)Nc2c(F)cccc2F)CC1. The molecule has 1 N–H and O–H groups in total. The molecule has 0 radical (unpaired) electrons. The fourth-order valence-electron chi connectivity index (χ4n) is 2.57. The van der Waals surface area contributed by atoms with E-state index in [1.807, 2.05) is 13.8 Å². The van der Waals surface area contributed by atoms with Crippen molar-refractivity contribution in [3.63, 3.8) is 0 Å². The molecule has 2 rings (SSSR count). The molecule has 2 amide bonds. The Morgan fingerprint density at radius 2 is 1.73 bits per heavy atom. The van der Waals surface area contributed by atoms with Gasteiger partial charge in [-0.3, -0.25) is 9.59 Å². The van der Waals surface area contributed by atoms with Crippen molar-refractivity contribution in [3.8, 4) is 0 Å². The van der Waals surface area contributed by atoms with Crippen LogP contribution in [0.4, 0.5) is 14.5 Å². The molecule has 6 heteroatoms. The van der Waals surface area contributed by atoms with Gasteiger partial charge >= 0.3 is 0 Å². The number of halogens is 2. The molecule has 1 aromatic rings. The maximum atomic E-state index is 13.5. The van der Waals surface area contributed by atoms with Crippen molar-refractivity contribution in [2.45, 2.75) is 26.7 Å². The first-order chi connectivity index (χ1) is 10.4. The lowest BCUT2D eigenvalue weighted by atomic mass is 9.95. The topological polar surface area (TPSA) is 49.4 Å². The Kier molecular flexibility index (Phi) is 5.11. The molecule has 0 aromatic heterocycles. The van der Waals surface area contributed by atoms with Crippen LogP contribution in [0.2, 0.25) is 0 Å². The van der Waals surface area contributed by atoms with Gasteiger partial charge in [0.05, 0.1) is 0 Å². The second-order valence-corrected chi connectivity index (χ2v) is 5.84. The standard InChI is InChI=1S/C16H20F2N2O2/c1-10(2)16(22)20-8-6-11(7-9-20)15(21)19-14-12(17)4-3-5-13(14)18/h3-5,10-11H,6-9H2,1-2H3,(H,19,21). The third-order valence-corrected chi connectivity index (χ3v) is 3.88. The van der Waals surface area contributed by atoms with E-state index in [2.05, 4.69) is 5.32 Å². The predicted molar refractivity (Wildman–Crippen MR) is 79.1 cm³/mol. The summed E-state index contributed by atoms with van der Waals surface area (Å²) in [6.45, 7) is 4.66. The van der Waals surface area contributed by atoms with Gasteiger partial charge in [0.1, 0.15) is 17.3 Å². The second-order valence-electron chi connectivity index (χ2n) is 5.84. The molecule has 0 unspecified atom stereocenters. The van der Waals surface area contributed by atoms with Crippen LogP contribution < -0.4 is 5.32 Å². The van der Waals surface area contributed by atoms with E-state index in [0.29, 0.717) is 25.9 Å². The summed E-state index contributed by atoms with van der Waals surface area (Å²) in [5.74, 6) is -2.32. The molecule has 0 aliphatic carbocycles. The van der Waals surface area contributed by atoms with Gasteiger partial charge in [0.25, 0.3) is 0 Å². The molecule has 1 aliphatic rings. The summed E-state index contributed by atoms with van der Waals surface area (Å²) in [5.41, 5.74) is -0.409. The van der Waals surface area contributed by atoms with E-state index < -0.39 is 23.2 Å². The van der Waals surface area contributed by atoms with Gasteiger partial charge in [-0.2, -0.15) is 0 Å². The zero-order chi connectivity index (χ0) is 16.3. The number of para-hydroxylation sites is 1. The van der Waals surface area contributed by atoms with E-state index in [9.17, 15) is 18.4 Å². The Labute approximate surface area is 128 Å². The zero-order valence-electron chi connectivity index (χ0n) is 12.7. The number of likely N-dealkylation sites (tertiary alicyclic amines) is 1. The highest BCUT2D eigenvalue weighted by Crippen LogP contribution is 2.23. The van der Waals surface area contributed by atoms with Gasteiger partial charge in [0, 0.05) is 24.9 Å². The first-order valence-electron chi connectivity index (χ1n) is 7.43. The number of amides is 2. The van der Waals surface area contributed by atoms with Crippen molar-refractivity contribution >= 4 is 17.5 Å². The van der Waals surface area contributed by atoms with Gasteiger partial charge < -0.3 is 10.2 Å². The third kappa shape index (κ3) is 3.61. The average Bonchev–Trinajstić information content (AvgIpc) is 2.50. The van der Waals surface area contributed by atoms with Crippen LogP contribution in [0.1, 0.15) is 26.7 Å².